The Hall–Kier alpha value is -3.88. The van der Waals surface area contributed by atoms with E-state index in [0.29, 0.717) is 29.0 Å². The van der Waals surface area contributed by atoms with E-state index >= 15 is 0 Å². The predicted molar refractivity (Wildman–Crippen MR) is 104 cm³/mol. The molecule has 0 radical (unpaired) electrons. The van der Waals surface area contributed by atoms with Crippen LogP contribution < -0.4 is 10.2 Å². The van der Waals surface area contributed by atoms with Gasteiger partial charge in [0.2, 0.25) is 0 Å². The van der Waals surface area contributed by atoms with Crippen LogP contribution in [0.4, 0.5) is 17.6 Å². The summed E-state index contributed by atoms with van der Waals surface area (Å²) in [5.74, 6) is -4.83. The molecule has 1 N–H and O–H groups in total. The topological polar surface area (TPSA) is 53.9 Å². The van der Waals surface area contributed by atoms with E-state index in [0.717, 1.165) is 5.01 Å². The van der Waals surface area contributed by atoms with E-state index in [1.54, 1.807) is 24.3 Å². The van der Waals surface area contributed by atoms with E-state index in [1.165, 1.54) is 31.4 Å². The van der Waals surface area contributed by atoms with Crippen molar-refractivity contribution in [3.05, 3.63) is 101 Å². The molecule has 0 saturated carbocycles. The molecule has 0 aliphatic carbocycles. The molecule has 0 fully saturated rings. The molecule has 1 aliphatic heterocycles. The van der Waals surface area contributed by atoms with Crippen molar-refractivity contribution < 1.29 is 27.1 Å². The number of rotatable bonds is 4. The molecule has 9 heteroatoms. The molecule has 0 bridgehead atoms. The number of carbonyl (C=O) groups excluding carboxylic acids is 1. The van der Waals surface area contributed by atoms with E-state index in [4.69, 9.17) is 4.74 Å². The summed E-state index contributed by atoms with van der Waals surface area (Å²) in [6.07, 6.45) is -1.02. The quantitative estimate of drug-likeness (QED) is 0.496. The Morgan fingerprint density at radius 1 is 0.968 bits per heavy atom. The van der Waals surface area contributed by atoms with Crippen LogP contribution in [-0.4, -0.2) is 23.9 Å². The maximum absolute atomic E-state index is 14.3. The summed E-state index contributed by atoms with van der Waals surface area (Å²) in [5.41, 5.74) is 3.00. The van der Waals surface area contributed by atoms with Crippen LogP contribution in [0.2, 0.25) is 0 Å². The lowest BCUT2D eigenvalue weighted by molar-refractivity contribution is 0.0647. The lowest BCUT2D eigenvalue weighted by atomic mass is 10.1. The smallest absolute Gasteiger partial charge is 0.277 e. The molecule has 1 amide bonds. The number of amidine groups is 1. The second-order valence-corrected chi connectivity index (χ2v) is 6.63. The SMILES string of the molecule is COc1ccccc1C1N=C(c2ccc(F)cc2)NN1C(=O)c1cc(F)c(F)cc1F. The van der Waals surface area contributed by atoms with Gasteiger partial charge >= 0.3 is 0 Å². The number of aliphatic imine (C=N–C) groups is 1. The molecule has 0 aromatic heterocycles. The Labute approximate surface area is 174 Å². The maximum Gasteiger partial charge on any atom is 0.277 e. The first-order valence-electron chi connectivity index (χ1n) is 9.10. The fourth-order valence-corrected chi connectivity index (χ4v) is 3.20. The number of nitrogens with zero attached hydrogens (tertiary/aromatic N) is 2. The fraction of sp³-hybridized carbons (Fsp3) is 0.0909. The Bertz CT molecular complexity index is 1180. The van der Waals surface area contributed by atoms with Gasteiger partial charge in [-0.15, -0.1) is 0 Å². The van der Waals surface area contributed by atoms with Gasteiger partial charge in [0, 0.05) is 17.2 Å². The van der Waals surface area contributed by atoms with Gasteiger partial charge in [-0.25, -0.2) is 27.6 Å². The predicted octanol–water partition coefficient (Wildman–Crippen LogP) is 4.36. The third-order valence-corrected chi connectivity index (χ3v) is 4.72. The van der Waals surface area contributed by atoms with Crippen molar-refractivity contribution in [1.82, 2.24) is 10.4 Å². The molecule has 0 spiro atoms. The second-order valence-electron chi connectivity index (χ2n) is 6.63. The van der Waals surface area contributed by atoms with Crippen LogP contribution in [0.15, 0.2) is 65.7 Å². The van der Waals surface area contributed by atoms with Gasteiger partial charge in [-0.2, -0.15) is 0 Å². The van der Waals surface area contributed by atoms with Gasteiger partial charge in [0.05, 0.1) is 12.7 Å². The molecular weight excluding hydrogens is 414 g/mol. The van der Waals surface area contributed by atoms with Crippen molar-refractivity contribution in [1.29, 1.82) is 0 Å². The van der Waals surface area contributed by atoms with Crippen LogP contribution in [0.1, 0.15) is 27.7 Å². The van der Waals surface area contributed by atoms with Crippen LogP contribution >= 0.6 is 0 Å². The molecule has 3 aromatic rings. The van der Waals surface area contributed by atoms with Gasteiger partial charge in [-0.1, -0.05) is 18.2 Å². The van der Waals surface area contributed by atoms with Crippen molar-refractivity contribution in [2.45, 2.75) is 6.17 Å². The minimum absolute atomic E-state index is 0.201. The van der Waals surface area contributed by atoms with E-state index < -0.39 is 40.9 Å². The molecule has 158 valence electrons. The second kappa shape index (κ2) is 8.10. The largest absolute Gasteiger partial charge is 0.496 e. The summed E-state index contributed by atoms with van der Waals surface area (Å²) in [4.78, 5) is 17.6. The molecule has 0 saturated heterocycles. The Kier molecular flexibility index (Phi) is 5.33. The number of hydrogen-bond donors (Lipinski definition) is 1. The van der Waals surface area contributed by atoms with E-state index in [2.05, 4.69) is 10.4 Å². The molecule has 31 heavy (non-hydrogen) atoms. The van der Waals surface area contributed by atoms with Gasteiger partial charge in [0.15, 0.2) is 17.8 Å². The number of hydrazine groups is 1. The van der Waals surface area contributed by atoms with Crippen LogP contribution in [0.3, 0.4) is 0 Å². The van der Waals surface area contributed by atoms with E-state index in [-0.39, 0.29) is 5.84 Å². The highest BCUT2D eigenvalue weighted by atomic mass is 19.2. The van der Waals surface area contributed by atoms with Crippen molar-refractivity contribution >= 4 is 11.7 Å². The molecular formula is C22H15F4N3O2. The summed E-state index contributed by atoms with van der Waals surface area (Å²) in [7, 11) is 1.44. The molecule has 1 unspecified atom stereocenters. The van der Waals surface area contributed by atoms with Gasteiger partial charge in [0.25, 0.3) is 5.91 Å². The zero-order chi connectivity index (χ0) is 22.1. The number of ether oxygens (including phenoxy) is 1. The monoisotopic (exact) mass is 429 g/mol. The zero-order valence-corrected chi connectivity index (χ0v) is 16.1. The number of halogens is 4. The highest BCUT2D eigenvalue weighted by molar-refractivity contribution is 6.04. The van der Waals surface area contributed by atoms with Crippen molar-refractivity contribution in [3.63, 3.8) is 0 Å². The lowest BCUT2D eigenvalue weighted by Crippen LogP contribution is -2.43. The highest BCUT2D eigenvalue weighted by Crippen LogP contribution is 2.34. The first-order valence-corrected chi connectivity index (χ1v) is 9.10. The van der Waals surface area contributed by atoms with Crippen LogP contribution in [0.25, 0.3) is 0 Å². The summed E-state index contributed by atoms with van der Waals surface area (Å²) < 4.78 is 60.0. The summed E-state index contributed by atoms with van der Waals surface area (Å²) in [6.45, 7) is 0. The molecule has 5 nitrogen and oxygen atoms in total. The van der Waals surface area contributed by atoms with Crippen LogP contribution in [0, 0.1) is 23.3 Å². The Morgan fingerprint density at radius 2 is 1.65 bits per heavy atom. The number of para-hydroxylation sites is 1. The third-order valence-electron chi connectivity index (χ3n) is 4.72. The minimum atomic E-state index is -1.41. The maximum atomic E-state index is 14.3. The fourth-order valence-electron chi connectivity index (χ4n) is 3.20. The summed E-state index contributed by atoms with van der Waals surface area (Å²) in [5, 5.41) is 0.978. The first kappa shape index (κ1) is 20.4. The average Bonchev–Trinajstić information content (AvgIpc) is 3.21. The lowest BCUT2D eigenvalue weighted by Gasteiger charge is -2.25. The standard InChI is InChI=1S/C22H15F4N3O2/c1-31-19-5-3-2-4-14(19)21-27-20(12-6-8-13(23)9-7-12)28-29(21)22(30)15-10-17(25)18(26)11-16(15)24/h2-11,21H,1H3,(H,27,28). The van der Waals surface area contributed by atoms with Gasteiger partial charge in [0.1, 0.15) is 23.2 Å². The summed E-state index contributed by atoms with van der Waals surface area (Å²) in [6, 6.07) is 12.9. The first-order chi connectivity index (χ1) is 14.9. The van der Waals surface area contributed by atoms with E-state index in [1.807, 2.05) is 0 Å². The van der Waals surface area contributed by atoms with Crippen LogP contribution in [0.5, 0.6) is 5.75 Å². The Balaban J connectivity index is 1.79. The molecule has 4 rings (SSSR count). The van der Waals surface area contributed by atoms with Gasteiger partial charge < -0.3 is 4.74 Å². The molecule has 1 atom stereocenters. The molecule has 1 aliphatic rings. The third kappa shape index (κ3) is 3.81. The molecule has 1 heterocycles. The zero-order valence-electron chi connectivity index (χ0n) is 16.1. The number of amides is 1. The number of methoxy groups -OCH3 is 1. The van der Waals surface area contributed by atoms with Crippen molar-refractivity contribution in [2.24, 2.45) is 4.99 Å². The Morgan fingerprint density at radius 3 is 2.35 bits per heavy atom. The average molecular weight is 429 g/mol. The highest BCUT2D eigenvalue weighted by Gasteiger charge is 2.36. The van der Waals surface area contributed by atoms with Crippen molar-refractivity contribution in [3.8, 4) is 5.75 Å². The van der Waals surface area contributed by atoms with Crippen molar-refractivity contribution in [2.75, 3.05) is 7.11 Å². The number of nitrogens with one attached hydrogen (secondary N) is 1. The normalized spacial score (nSPS) is 15.5. The van der Waals surface area contributed by atoms with Crippen LogP contribution in [-0.2, 0) is 0 Å². The van der Waals surface area contributed by atoms with E-state index in [9.17, 15) is 22.4 Å². The number of carbonyl (C=O) groups is 1. The number of benzene rings is 3. The molecule has 3 aromatic carbocycles. The summed E-state index contributed by atoms with van der Waals surface area (Å²) >= 11 is 0. The number of hydrogen-bond acceptors (Lipinski definition) is 4. The van der Waals surface area contributed by atoms with Gasteiger partial charge in [-0.3, -0.25) is 10.2 Å². The van der Waals surface area contributed by atoms with Gasteiger partial charge in [-0.05, 0) is 36.4 Å². The minimum Gasteiger partial charge on any atom is -0.496 e.